The first kappa shape index (κ1) is 16.0. The number of ether oxygens (including phenoxy) is 1. The SMILES string of the molecule is C=CCO/N=C(\CC)c1ccc(OCC(=C)CC)cc1. The van der Waals surface area contributed by atoms with E-state index >= 15 is 0 Å². The first-order chi connectivity index (χ1) is 9.71. The van der Waals surface area contributed by atoms with E-state index in [4.69, 9.17) is 9.57 Å². The van der Waals surface area contributed by atoms with Gasteiger partial charge in [0.2, 0.25) is 0 Å². The van der Waals surface area contributed by atoms with E-state index in [1.54, 1.807) is 6.08 Å². The molecule has 3 heteroatoms. The molecule has 0 heterocycles. The fourth-order valence-corrected chi connectivity index (χ4v) is 1.52. The lowest BCUT2D eigenvalue weighted by Crippen LogP contribution is -2.02. The Morgan fingerprint density at radius 3 is 2.45 bits per heavy atom. The smallest absolute Gasteiger partial charge is 0.135 e. The van der Waals surface area contributed by atoms with Gasteiger partial charge in [-0.2, -0.15) is 0 Å². The fraction of sp³-hybridized carbons (Fsp3) is 0.353. The highest BCUT2D eigenvalue weighted by Crippen LogP contribution is 2.15. The van der Waals surface area contributed by atoms with Crippen LogP contribution in [-0.4, -0.2) is 18.9 Å². The Hall–Kier alpha value is -2.03. The molecule has 0 spiro atoms. The van der Waals surface area contributed by atoms with Gasteiger partial charge in [-0.1, -0.05) is 38.2 Å². The number of benzene rings is 1. The molecule has 20 heavy (non-hydrogen) atoms. The van der Waals surface area contributed by atoms with Gasteiger partial charge in [-0.3, -0.25) is 0 Å². The summed E-state index contributed by atoms with van der Waals surface area (Å²) >= 11 is 0. The first-order valence-corrected chi connectivity index (χ1v) is 6.90. The van der Waals surface area contributed by atoms with Crippen molar-refractivity contribution in [3.8, 4) is 5.75 Å². The van der Waals surface area contributed by atoms with E-state index in [2.05, 4.69) is 25.2 Å². The fourth-order valence-electron chi connectivity index (χ4n) is 1.52. The van der Waals surface area contributed by atoms with Crippen LogP contribution in [0.15, 0.2) is 54.2 Å². The minimum atomic E-state index is 0.420. The summed E-state index contributed by atoms with van der Waals surface area (Å²) in [7, 11) is 0. The summed E-state index contributed by atoms with van der Waals surface area (Å²) < 4.78 is 5.64. The Balaban J connectivity index is 2.66. The molecule has 3 nitrogen and oxygen atoms in total. The zero-order valence-corrected chi connectivity index (χ0v) is 12.4. The summed E-state index contributed by atoms with van der Waals surface area (Å²) in [5.41, 5.74) is 3.04. The number of hydrogen-bond acceptors (Lipinski definition) is 3. The molecule has 0 fully saturated rings. The molecule has 0 radical (unpaired) electrons. The van der Waals surface area contributed by atoms with Gasteiger partial charge in [0, 0.05) is 0 Å². The predicted molar refractivity (Wildman–Crippen MR) is 84.3 cm³/mol. The van der Waals surface area contributed by atoms with E-state index in [-0.39, 0.29) is 0 Å². The monoisotopic (exact) mass is 273 g/mol. The quantitative estimate of drug-likeness (QED) is 0.290. The highest BCUT2D eigenvalue weighted by molar-refractivity contribution is 6.00. The lowest BCUT2D eigenvalue weighted by atomic mass is 10.1. The van der Waals surface area contributed by atoms with Crippen LogP contribution in [0, 0.1) is 0 Å². The molecule has 0 atom stereocenters. The van der Waals surface area contributed by atoms with Crippen molar-refractivity contribution in [3.63, 3.8) is 0 Å². The molecule has 0 saturated heterocycles. The lowest BCUT2D eigenvalue weighted by Gasteiger charge is -2.08. The Labute approximate surface area is 121 Å². The van der Waals surface area contributed by atoms with E-state index in [0.717, 1.165) is 35.4 Å². The summed E-state index contributed by atoms with van der Waals surface area (Å²) in [5.74, 6) is 0.839. The number of hydrogen-bond donors (Lipinski definition) is 0. The summed E-state index contributed by atoms with van der Waals surface area (Å²) in [6.07, 6.45) is 3.42. The third-order valence-corrected chi connectivity index (χ3v) is 2.83. The number of nitrogens with zero attached hydrogens (tertiary/aromatic N) is 1. The predicted octanol–water partition coefficient (Wildman–Crippen LogP) is 4.35. The van der Waals surface area contributed by atoms with E-state index in [9.17, 15) is 0 Å². The molecule has 1 aromatic carbocycles. The average molecular weight is 273 g/mol. The van der Waals surface area contributed by atoms with Gasteiger partial charge in [0.25, 0.3) is 0 Å². The maximum Gasteiger partial charge on any atom is 0.135 e. The maximum atomic E-state index is 5.64. The largest absolute Gasteiger partial charge is 0.489 e. The minimum absolute atomic E-state index is 0.420. The third kappa shape index (κ3) is 5.31. The molecular formula is C17H23NO2. The molecule has 0 unspecified atom stereocenters. The highest BCUT2D eigenvalue weighted by Gasteiger charge is 2.03. The topological polar surface area (TPSA) is 30.8 Å². The molecule has 0 aliphatic rings. The summed E-state index contributed by atoms with van der Waals surface area (Å²) in [6, 6.07) is 7.86. The molecule has 1 aromatic rings. The van der Waals surface area contributed by atoms with Gasteiger partial charge < -0.3 is 9.57 Å². The molecule has 0 saturated carbocycles. The first-order valence-electron chi connectivity index (χ1n) is 6.90. The second-order valence-electron chi connectivity index (χ2n) is 4.39. The van der Waals surface area contributed by atoms with Gasteiger partial charge in [0.05, 0.1) is 5.71 Å². The Bertz CT molecular complexity index is 460. The van der Waals surface area contributed by atoms with Crippen molar-refractivity contribution in [2.45, 2.75) is 26.7 Å². The molecule has 0 aliphatic heterocycles. The van der Waals surface area contributed by atoms with Crippen LogP contribution >= 0.6 is 0 Å². The molecule has 1 rings (SSSR count). The van der Waals surface area contributed by atoms with Crippen molar-refractivity contribution in [1.29, 1.82) is 0 Å². The molecule has 0 aliphatic carbocycles. The summed E-state index contributed by atoms with van der Waals surface area (Å²) in [5, 5.41) is 4.11. The van der Waals surface area contributed by atoms with E-state index in [1.807, 2.05) is 31.2 Å². The van der Waals surface area contributed by atoms with Gasteiger partial charge in [-0.15, -0.1) is 0 Å². The van der Waals surface area contributed by atoms with Gasteiger partial charge in [0.15, 0.2) is 0 Å². The van der Waals surface area contributed by atoms with Crippen LogP contribution in [-0.2, 0) is 4.84 Å². The van der Waals surface area contributed by atoms with E-state index in [1.165, 1.54) is 0 Å². The number of rotatable bonds is 9. The van der Waals surface area contributed by atoms with Crippen molar-refractivity contribution >= 4 is 5.71 Å². The Morgan fingerprint density at radius 1 is 1.20 bits per heavy atom. The van der Waals surface area contributed by atoms with Crippen molar-refractivity contribution in [1.82, 2.24) is 0 Å². The molecule has 0 aromatic heterocycles. The zero-order chi connectivity index (χ0) is 14.8. The van der Waals surface area contributed by atoms with Crippen LogP contribution in [0.4, 0.5) is 0 Å². The van der Waals surface area contributed by atoms with Crippen LogP contribution in [0.5, 0.6) is 5.75 Å². The molecular weight excluding hydrogens is 250 g/mol. The average Bonchev–Trinajstić information content (AvgIpc) is 2.50. The second-order valence-corrected chi connectivity index (χ2v) is 4.39. The van der Waals surface area contributed by atoms with Crippen molar-refractivity contribution < 1.29 is 9.57 Å². The van der Waals surface area contributed by atoms with Crippen LogP contribution in [0.3, 0.4) is 0 Å². The van der Waals surface area contributed by atoms with Gasteiger partial charge in [0.1, 0.15) is 19.0 Å². The van der Waals surface area contributed by atoms with Crippen molar-refractivity contribution in [2.24, 2.45) is 5.16 Å². The molecule has 0 N–H and O–H groups in total. The van der Waals surface area contributed by atoms with Crippen LogP contribution in [0.2, 0.25) is 0 Å². The molecule has 0 amide bonds. The lowest BCUT2D eigenvalue weighted by molar-refractivity contribution is 0.174. The van der Waals surface area contributed by atoms with Crippen molar-refractivity contribution in [3.05, 3.63) is 54.6 Å². The van der Waals surface area contributed by atoms with E-state index in [0.29, 0.717) is 13.2 Å². The van der Waals surface area contributed by atoms with Gasteiger partial charge >= 0.3 is 0 Å². The van der Waals surface area contributed by atoms with Crippen LogP contribution < -0.4 is 4.74 Å². The van der Waals surface area contributed by atoms with Gasteiger partial charge in [-0.25, -0.2) is 0 Å². The Morgan fingerprint density at radius 2 is 1.90 bits per heavy atom. The minimum Gasteiger partial charge on any atom is -0.489 e. The van der Waals surface area contributed by atoms with Gasteiger partial charge in [-0.05, 0) is 48.2 Å². The highest BCUT2D eigenvalue weighted by atomic mass is 16.6. The Kier molecular flexibility index (Phi) is 7.18. The summed E-state index contributed by atoms with van der Waals surface area (Å²) in [4.78, 5) is 5.14. The maximum absolute atomic E-state index is 5.64. The molecule has 108 valence electrons. The van der Waals surface area contributed by atoms with Crippen molar-refractivity contribution in [2.75, 3.05) is 13.2 Å². The zero-order valence-electron chi connectivity index (χ0n) is 12.4. The second kappa shape index (κ2) is 8.97. The standard InChI is InChI=1S/C17H23NO2/c1-5-12-20-18-17(7-3)15-8-10-16(11-9-15)19-13-14(4)6-2/h5,8-11H,1,4,6-7,12-13H2,2-3H3/b18-17+. The van der Waals surface area contributed by atoms with Crippen LogP contribution in [0.25, 0.3) is 0 Å². The molecule has 0 bridgehead atoms. The van der Waals surface area contributed by atoms with E-state index < -0.39 is 0 Å². The normalized spacial score (nSPS) is 11.0. The number of oxime groups is 1. The third-order valence-electron chi connectivity index (χ3n) is 2.83. The summed E-state index contributed by atoms with van der Waals surface area (Å²) in [6.45, 7) is 12.6. The van der Waals surface area contributed by atoms with Crippen LogP contribution in [0.1, 0.15) is 32.3 Å².